The van der Waals surface area contributed by atoms with Gasteiger partial charge in [0.15, 0.2) is 0 Å². The molecular formula is C18H44OSn2. The molecule has 2 N–H and O–H groups in total. The maximum atomic E-state index is 2.34. The van der Waals surface area contributed by atoms with Gasteiger partial charge in [0.1, 0.15) is 0 Å². The van der Waals surface area contributed by atoms with E-state index in [9.17, 15) is 0 Å². The third kappa shape index (κ3) is 21.6. The summed E-state index contributed by atoms with van der Waals surface area (Å²) in [7, 11) is 0. The molecule has 0 aliphatic rings. The van der Waals surface area contributed by atoms with E-state index >= 15 is 0 Å². The summed E-state index contributed by atoms with van der Waals surface area (Å²) >= 11 is -1.52. The van der Waals surface area contributed by atoms with Crippen molar-refractivity contribution in [1.29, 1.82) is 0 Å². The Morgan fingerprint density at radius 2 is 0.524 bits per heavy atom. The molecule has 0 fully saturated rings. The Morgan fingerprint density at radius 1 is 0.381 bits per heavy atom. The molecule has 0 aromatic carbocycles. The van der Waals surface area contributed by atoms with Crippen molar-refractivity contribution in [2.45, 2.75) is 107 Å². The van der Waals surface area contributed by atoms with Crippen LogP contribution in [-0.4, -0.2) is 45.0 Å². The first kappa shape index (κ1) is 27.4. The minimum Gasteiger partial charge on any atom is -0.412 e. The molecule has 0 spiro atoms. The van der Waals surface area contributed by atoms with Crippen LogP contribution in [-0.2, 0) is 0 Å². The molecule has 0 heterocycles. The summed E-state index contributed by atoms with van der Waals surface area (Å²) in [6.07, 6.45) is 8.72. The second kappa shape index (κ2) is 23.8. The van der Waals surface area contributed by atoms with Gasteiger partial charge < -0.3 is 5.48 Å². The van der Waals surface area contributed by atoms with Crippen LogP contribution in [0.15, 0.2) is 0 Å². The quantitative estimate of drug-likeness (QED) is 0.263. The predicted octanol–water partition coefficient (Wildman–Crippen LogP) is 6.60. The van der Waals surface area contributed by atoms with E-state index in [0.29, 0.717) is 0 Å². The van der Waals surface area contributed by atoms with Crippen molar-refractivity contribution in [3.63, 3.8) is 0 Å². The van der Waals surface area contributed by atoms with Gasteiger partial charge in [-0.25, -0.2) is 0 Å². The average molecular weight is 514 g/mol. The van der Waals surface area contributed by atoms with Crippen LogP contribution in [0.3, 0.4) is 0 Å². The largest absolute Gasteiger partial charge is 0.412 e. The molecule has 2 radical (unpaired) electrons. The zero-order chi connectivity index (χ0) is 15.6. The van der Waals surface area contributed by atoms with Crippen molar-refractivity contribution in [3.05, 3.63) is 0 Å². The van der Waals surface area contributed by atoms with Gasteiger partial charge in [0, 0.05) is 0 Å². The average Bonchev–Trinajstić information content (AvgIpc) is 2.41. The molecule has 130 valence electrons. The van der Waals surface area contributed by atoms with Crippen LogP contribution in [0.25, 0.3) is 0 Å². The molecule has 0 saturated carbocycles. The third-order valence-corrected chi connectivity index (χ3v) is 24.3. The van der Waals surface area contributed by atoms with Crippen molar-refractivity contribution < 1.29 is 5.48 Å². The number of rotatable bonds is 12. The van der Waals surface area contributed by atoms with Crippen LogP contribution in [0.5, 0.6) is 0 Å². The number of hydrogen-bond donors (Lipinski definition) is 0. The van der Waals surface area contributed by atoms with Crippen molar-refractivity contribution in [2.75, 3.05) is 0 Å². The van der Waals surface area contributed by atoms with Crippen LogP contribution < -0.4 is 0 Å². The number of hydrogen-bond acceptors (Lipinski definition) is 0. The molecule has 21 heavy (non-hydrogen) atoms. The second-order valence-corrected chi connectivity index (χ2v) is 23.1. The first-order chi connectivity index (χ1) is 9.69. The summed E-state index contributed by atoms with van der Waals surface area (Å²) in [5.41, 5.74) is 0. The van der Waals surface area contributed by atoms with E-state index in [0.717, 1.165) is 0 Å². The summed E-state index contributed by atoms with van der Waals surface area (Å²) in [5, 5.41) is 0. The summed E-state index contributed by atoms with van der Waals surface area (Å²) in [6, 6.07) is 0. The predicted molar refractivity (Wildman–Crippen MR) is 106 cm³/mol. The Hall–Kier alpha value is 1.56. The minimum absolute atomic E-state index is 0. The van der Waals surface area contributed by atoms with Gasteiger partial charge in [-0.2, -0.15) is 0 Å². The van der Waals surface area contributed by atoms with E-state index < -0.39 is 39.5 Å². The first-order valence-corrected chi connectivity index (χ1v) is 21.5. The van der Waals surface area contributed by atoms with Gasteiger partial charge in [0.25, 0.3) is 0 Å². The molecule has 0 aromatic heterocycles. The van der Waals surface area contributed by atoms with Gasteiger partial charge in [-0.15, -0.1) is 0 Å². The van der Waals surface area contributed by atoms with E-state index in [1.807, 2.05) is 0 Å². The SMILES string of the molecule is CC[CH2][Sn]([CH2]CC)[CH2]CC.CC[CH2][Sn]([CH2]CC)[CH2]CC.O. The Bertz CT molecular complexity index is 119. The first-order valence-electron chi connectivity index (χ1n) is 9.36. The van der Waals surface area contributed by atoms with Crippen LogP contribution >= 0.6 is 0 Å². The van der Waals surface area contributed by atoms with Gasteiger partial charge in [-0.1, -0.05) is 0 Å². The van der Waals surface area contributed by atoms with Gasteiger partial charge >= 0.3 is 146 Å². The van der Waals surface area contributed by atoms with Crippen molar-refractivity contribution >= 4 is 39.5 Å². The van der Waals surface area contributed by atoms with Gasteiger partial charge in [-0.3, -0.25) is 0 Å². The molecule has 0 aliphatic carbocycles. The second-order valence-electron chi connectivity index (χ2n) is 6.00. The van der Waals surface area contributed by atoms with E-state index in [-0.39, 0.29) is 5.48 Å². The van der Waals surface area contributed by atoms with Gasteiger partial charge in [-0.05, 0) is 0 Å². The standard InChI is InChI=1S/6C3H7.H2O.2Sn/c6*1-3-2;;;/h6*1,3H2,2H3;1H2;;. The Balaban J connectivity index is -0.000000295. The van der Waals surface area contributed by atoms with Crippen molar-refractivity contribution in [1.82, 2.24) is 0 Å². The smallest absolute Gasteiger partial charge is 0.412 e. The van der Waals surface area contributed by atoms with E-state index in [4.69, 9.17) is 0 Å². The van der Waals surface area contributed by atoms with E-state index in [2.05, 4.69) is 41.5 Å². The molecule has 1 nitrogen and oxygen atoms in total. The summed E-state index contributed by atoms with van der Waals surface area (Å²) in [6.45, 7) is 14.0. The van der Waals surface area contributed by atoms with Crippen LogP contribution in [0.2, 0.25) is 26.6 Å². The van der Waals surface area contributed by atoms with Crippen LogP contribution in [0.1, 0.15) is 80.1 Å². The molecule has 0 amide bonds. The van der Waals surface area contributed by atoms with Crippen molar-refractivity contribution in [3.8, 4) is 0 Å². The molecule has 0 atom stereocenters. The molecule has 0 bridgehead atoms. The minimum atomic E-state index is -0.759. The fraction of sp³-hybridized carbons (Fsp3) is 1.00. The fourth-order valence-corrected chi connectivity index (χ4v) is 19.3. The van der Waals surface area contributed by atoms with E-state index in [1.165, 1.54) is 38.5 Å². The Morgan fingerprint density at radius 3 is 0.619 bits per heavy atom. The Labute approximate surface area is 150 Å². The maximum Gasteiger partial charge on any atom is -0.412 e. The normalized spacial score (nSPS) is 10.3. The fourth-order valence-electron chi connectivity index (χ4n) is 2.87. The monoisotopic (exact) mass is 516 g/mol. The molecule has 0 rings (SSSR count). The zero-order valence-corrected chi connectivity index (χ0v) is 21.7. The molecular weight excluding hydrogens is 470 g/mol. The van der Waals surface area contributed by atoms with Crippen LogP contribution in [0.4, 0.5) is 0 Å². The molecule has 0 unspecified atom stereocenters. The van der Waals surface area contributed by atoms with E-state index in [1.54, 1.807) is 26.6 Å². The third-order valence-electron chi connectivity index (χ3n) is 3.62. The van der Waals surface area contributed by atoms with Gasteiger partial charge in [0.2, 0.25) is 0 Å². The summed E-state index contributed by atoms with van der Waals surface area (Å²) < 4.78 is 9.86. The maximum absolute atomic E-state index is 2.34. The van der Waals surface area contributed by atoms with Crippen molar-refractivity contribution in [2.24, 2.45) is 0 Å². The molecule has 3 heteroatoms. The van der Waals surface area contributed by atoms with Crippen LogP contribution in [0, 0.1) is 0 Å². The zero-order valence-electron chi connectivity index (χ0n) is 16.0. The summed E-state index contributed by atoms with van der Waals surface area (Å²) in [4.78, 5) is 0. The topological polar surface area (TPSA) is 31.5 Å². The Kier molecular flexibility index (Phi) is 31.1. The molecule has 0 saturated heterocycles. The van der Waals surface area contributed by atoms with Gasteiger partial charge in [0.05, 0.1) is 0 Å². The molecule has 0 aromatic rings. The summed E-state index contributed by atoms with van der Waals surface area (Å²) in [5.74, 6) is 0. The molecule has 0 aliphatic heterocycles.